The molecule has 0 heterocycles. The first-order valence-electron chi connectivity index (χ1n) is 6.78. The van der Waals surface area contributed by atoms with Gasteiger partial charge in [-0.1, -0.05) is 24.3 Å². The molecule has 0 spiro atoms. The van der Waals surface area contributed by atoms with Crippen molar-refractivity contribution < 1.29 is 23.8 Å². The van der Waals surface area contributed by atoms with Gasteiger partial charge in [0, 0.05) is 0 Å². The summed E-state index contributed by atoms with van der Waals surface area (Å²) >= 11 is 0. The number of benzene rings is 2. The summed E-state index contributed by atoms with van der Waals surface area (Å²) in [5.41, 5.74) is 0.483. The van der Waals surface area contributed by atoms with Crippen molar-refractivity contribution in [1.29, 1.82) is 0 Å². The molecule has 0 bridgehead atoms. The van der Waals surface area contributed by atoms with Crippen molar-refractivity contribution in [2.24, 2.45) is 0 Å². The van der Waals surface area contributed by atoms with Crippen LogP contribution in [-0.2, 0) is 4.74 Å². The molecule has 5 heteroatoms. The van der Waals surface area contributed by atoms with Crippen molar-refractivity contribution in [1.82, 2.24) is 0 Å². The Morgan fingerprint density at radius 1 is 0.864 bits per heavy atom. The third-order valence-corrected chi connectivity index (χ3v) is 2.90. The first-order chi connectivity index (χ1) is 10.7. The molecule has 114 valence electrons. The highest BCUT2D eigenvalue weighted by molar-refractivity contribution is 5.97. The van der Waals surface area contributed by atoms with Crippen LogP contribution in [0.5, 0.6) is 11.5 Å². The van der Waals surface area contributed by atoms with Gasteiger partial charge in [0.2, 0.25) is 0 Å². The molecule has 0 N–H and O–H groups in total. The Labute approximate surface area is 128 Å². The third-order valence-electron chi connectivity index (χ3n) is 2.90. The SMILES string of the molecule is CCOc1ccccc1C(=O)Oc1ccccc1C(=O)OC. The highest BCUT2D eigenvalue weighted by atomic mass is 16.5. The molecule has 5 nitrogen and oxygen atoms in total. The van der Waals surface area contributed by atoms with Crippen molar-refractivity contribution in [3.8, 4) is 11.5 Å². The smallest absolute Gasteiger partial charge is 0.347 e. The summed E-state index contributed by atoms with van der Waals surface area (Å²) in [5, 5.41) is 0. The Bertz CT molecular complexity index is 678. The summed E-state index contributed by atoms with van der Waals surface area (Å²) in [5.74, 6) is -0.585. The molecule has 0 aliphatic carbocycles. The maximum atomic E-state index is 12.3. The molecule has 2 aromatic carbocycles. The third kappa shape index (κ3) is 3.44. The van der Waals surface area contributed by atoms with E-state index in [1.54, 1.807) is 36.4 Å². The number of ether oxygens (including phenoxy) is 3. The quantitative estimate of drug-likeness (QED) is 0.627. The average Bonchev–Trinajstić information content (AvgIpc) is 2.55. The predicted octanol–water partition coefficient (Wildman–Crippen LogP) is 3.09. The lowest BCUT2D eigenvalue weighted by atomic mass is 10.2. The highest BCUT2D eigenvalue weighted by Crippen LogP contribution is 2.23. The Hall–Kier alpha value is -2.82. The zero-order valence-corrected chi connectivity index (χ0v) is 12.4. The van der Waals surface area contributed by atoms with Gasteiger partial charge in [0.25, 0.3) is 0 Å². The fourth-order valence-electron chi connectivity index (χ4n) is 1.91. The standard InChI is InChI=1S/C17H16O5/c1-3-21-14-10-6-4-8-12(14)17(19)22-15-11-7-5-9-13(15)16(18)20-2/h4-11H,3H2,1-2H3. The van der Waals surface area contributed by atoms with Crippen molar-refractivity contribution in [2.45, 2.75) is 6.92 Å². The van der Waals surface area contributed by atoms with E-state index >= 15 is 0 Å². The van der Waals surface area contributed by atoms with Crippen LogP contribution in [0.1, 0.15) is 27.6 Å². The highest BCUT2D eigenvalue weighted by Gasteiger charge is 2.18. The van der Waals surface area contributed by atoms with Gasteiger partial charge in [-0.15, -0.1) is 0 Å². The largest absolute Gasteiger partial charge is 0.493 e. The van der Waals surface area contributed by atoms with Crippen LogP contribution in [0.2, 0.25) is 0 Å². The number of methoxy groups -OCH3 is 1. The number of carbonyl (C=O) groups excluding carboxylic acids is 2. The Morgan fingerprint density at radius 3 is 2.00 bits per heavy atom. The zero-order valence-electron chi connectivity index (χ0n) is 12.4. The lowest BCUT2D eigenvalue weighted by molar-refractivity contribution is 0.0593. The molecule has 0 atom stereocenters. The van der Waals surface area contributed by atoms with Crippen LogP contribution in [0.25, 0.3) is 0 Å². The minimum atomic E-state index is -0.597. The number of hydrogen-bond donors (Lipinski definition) is 0. The Morgan fingerprint density at radius 2 is 1.41 bits per heavy atom. The number of rotatable bonds is 5. The van der Waals surface area contributed by atoms with Gasteiger partial charge in [-0.3, -0.25) is 0 Å². The van der Waals surface area contributed by atoms with Gasteiger partial charge >= 0.3 is 11.9 Å². The van der Waals surface area contributed by atoms with Gasteiger partial charge in [-0.05, 0) is 31.2 Å². The lowest BCUT2D eigenvalue weighted by Gasteiger charge is -2.11. The van der Waals surface area contributed by atoms with E-state index in [1.807, 2.05) is 6.92 Å². The van der Waals surface area contributed by atoms with Crippen LogP contribution in [-0.4, -0.2) is 25.7 Å². The summed E-state index contributed by atoms with van der Waals surface area (Å²) < 4.78 is 15.4. The number of esters is 2. The van der Waals surface area contributed by atoms with Crippen LogP contribution < -0.4 is 9.47 Å². The number of para-hydroxylation sites is 2. The average molecular weight is 300 g/mol. The molecule has 2 rings (SSSR count). The van der Waals surface area contributed by atoms with Gasteiger partial charge in [0.15, 0.2) is 0 Å². The van der Waals surface area contributed by atoms with Crippen molar-refractivity contribution in [2.75, 3.05) is 13.7 Å². The monoisotopic (exact) mass is 300 g/mol. The maximum Gasteiger partial charge on any atom is 0.347 e. The molecule has 0 saturated heterocycles. The van der Waals surface area contributed by atoms with E-state index < -0.39 is 11.9 Å². The van der Waals surface area contributed by atoms with Crippen molar-refractivity contribution >= 4 is 11.9 Å². The van der Waals surface area contributed by atoms with Gasteiger partial charge in [0.1, 0.15) is 22.6 Å². The first kappa shape index (κ1) is 15.6. The minimum Gasteiger partial charge on any atom is -0.493 e. The van der Waals surface area contributed by atoms with Crippen molar-refractivity contribution in [3.63, 3.8) is 0 Å². The summed E-state index contributed by atoms with van der Waals surface area (Å²) in [7, 11) is 1.27. The van der Waals surface area contributed by atoms with Gasteiger partial charge in [-0.2, -0.15) is 0 Å². The first-order valence-corrected chi connectivity index (χ1v) is 6.78. The topological polar surface area (TPSA) is 61.8 Å². The summed E-state index contributed by atoms with van der Waals surface area (Å²) in [4.78, 5) is 24.0. The fraction of sp³-hybridized carbons (Fsp3) is 0.176. The molecule has 0 radical (unpaired) electrons. The van der Waals surface area contributed by atoms with E-state index in [0.29, 0.717) is 17.9 Å². The molecule has 0 fully saturated rings. The molecule has 22 heavy (non-hydrogen) atoms. The molecule has 0 saturated carbocycles. The van der Waals surface area contributed by atoms with Gasteiger partial charge in [0.05, 0.1) is 13.7 Å². The van der Waals surface area contributed by atoms with Crippen LogP contribution >= 0.6 is 0 Å². The van der Waals surface area contributed by atoms with Crippen LogP contribution in [0.3, 0.4) is 0 Å². The fourth-order valence-corrected chi connectivity index (χ4v) is 1.91. The second-order valence-electron chi connectivity index (χ2n) is 4.31. The maximum absolute atomic E-state index is 12.3. The van der Waals surface area contributed by atoms with Crippen LogP contribution in [0.4, 0.5) is 0 Å². The van der Waals surface area contributed by atoms with Crippen molar-refractivity contribution in [3.05, 3.63) is 59.7 Å². The van der Waals surface area contributed by atoms with E-state index in [-0.39, 0.29) is 11.3 Å². The minimum absolute atomic E-state index is 0.144. The van der Waals surface area contributed by atoms with E-state index in [1.165, 1.54) is 19.2 Å². The van der Waals surface area contributed by atoms with E-state index in [0.717, 1.165) is 0 Å². The molecule has 0 aromatic heterocycles. The Kier molecular flexibility index (Phi) is 5.14. The normalized spacial score (nSPS) is 9.91. The summed E-state index contributed by atoms with van der Waals surface area (Å²) in [6.45, 7) is 2.26. The molecular formula is C17H16O5. The van der Waals surface area contributed by atoms with Crippen LogP contribution in [0, 0.1) is 0 Å². The number of hydrogen-bond acceptors (Lipinski definition) is 5. The van der Waals surface area contributed by atoms with Gasteiger partial charge in [-0.25, -0.2) is 9.59 Å². The van der Waals surface area contributed by atoms with E-state index in [4.69, 9.17) is 9.47 Å². The van der Waals surface area contributed by atoms with E-state index in [9.17, 15) is 9.59 Å². The van der Waals surface area contributed by atoms with Gasteiger partial charge < -0.3 is 14.2 Å². The summed E-state index contributed by atoms with van der Waals surface area (Å²) in [6.07, 6.45) is 0. The lowest BCUT2D eigenvalue weighted by Crippen LogP contribution is -2.13. The number of carbonyl (C=O) groups is 2. The molecular weight excluding hydrogens is 284 g/mol. The van der Waals surface area contributed by atoms with Crippen LogP contribution in [0.15, 0.2) is 48.5 Å². The zero-order chi connectivity index (χ0) is 15.9. The second kappa shape index (κ2) is 7.26. The molecule has 0 amide bonds. The summed E-state index contributed by atoms with van der Waals surface area (Å²) in [6, 6.07) is 13.2. The molecule has 0 unspecified atom stereocenters. The van der Waals surface area contributed by atoms with E-state index in [2.05, 4.69) is 4.74 Å². The molecule has 0 aliphatic heterocycles. The Balaban J connectivity index is 2.28. The predicted molar refractivity (Wildman–Crippen MR) is 80.4 cm³/mol. The second-order valence-corrected chi connectivity index (χ2v) is 4.31. The molecule has 0 aliphatic rings. The molecule has 2 aromatic rings.